The number of aryl methyl sites for hydroxylation is 1. The van der Waals surface area contributed by atoms with Crippen molar-refractivity contribution in [2.24, 2.45) is 7.05 Å². The van der Waals surface area contributed by atoms with Gasteiger partial charge in [0.2, 0.25) is 0 Å². The minimum absolute atomic E-state index is 0.0357. The number of rotatable bonds is 5. The van der Waals surface area contributed by atoms with Crippen LogP contribution in [0.25, 0.3) is 11.4 Å². The highest BCUT2D eigenvalue weighted by molar-refractivity contribution is 5.94. The maximum absolute atomic E-state index is 12.9. The van der Waals surface area contributed by atoms with E-state index in [2.05, 4.69) is 15.4 Å². The zero-order valence-corrected chi connectivity index (χ0v) is 13.6. The SMILES string of the molecule is Cn1cnc(-c2ccc(C(=O)NCC(O)c3ccc(F)cc3)cc2)n1. The van der Waals surface area contributed by atoms with Crippen molar-refractivity contribution in [3.8, 4) is 11.4 Å². The minimum Gasteiger partial charge on any atom is -0.387 e. The molecule has 1 amide bonds. The van der Waals surface area contributed by atoms with Crippen LogP contribution < -0.4 is 5.32 Å². The van der Waals surface area contributed by atoms with Gasteiger partial charge in [0.25, 0.3) is 5.91 Å². The Bertz CT molecular complexity index is 860. The summed E-state index contributed by atoms with van der Waals surface area (Å²) in [7, 11) is 1.78. The zero-order valence-electron chi connectivity index (χ0n) is 13.6. The highest BCUT2D eigenvalue weighted by atomic mass is 19.1. The number of hydrogen-bond donors (Lipinski definition) is 2. The number of benzene rings is 2. The predicted octanol–water partition coefficient (Wildman–Crippen LogP) is 2.08. The summed E-state index contributed by atoms with van der Waals surface area (Å²) >= 11 is 0. The molecule has 0 aliphatic carbocycles. The molecule has 0 aliphatic heterocycles. The summed E-state index contributed by atoms with van der Waals surface area (Å²) in [5, 5.41) is 16.9. The second kappa shape index (κ2) is 7.23. The lowest BCUT2D eigenvalue weighted by Crippen LogP contribution is -2.28. The molecule has 0 fully saturated rings. The number of halogens is 1. The Morgan fingerprint density at radius 1 is 1.20 bits per heavy atom. The number of carbonyl (C=O) groups is 1. The molecule has 0 bridgehead atoms. The molecule has 1 unspecified atom stereocenters. The van der Waals surface area contributed by atoms with Crippen LogP contribution in [-0.2, 0) is 7.05 Å². The van der Waals surface area contributed by atoms with Crippen molar-refractivity contribution in [1.29, 1.82) is 0 Å². The first-order valence-electron chi connectivity index (χ1n) is 7.71. The molecule has 128 valence electrons. The van der Waals surface area contributed by atoms with Gasteiger partial charge in [-0.05, 0) is 29.8 Å². The number of aromatic nitrogens is 3. The van der Waals surface area contributed by atoms with Crippen LogP contribution >= 0.6 is 0 Å². The van der Waals surface area contributed by atoms with Crippen molar-refractivity contribution in [2.45, 2.75) is 6.10 Å². The van der Waals surface area contributed by atoms with Crippen LogP contribution in [0.5, 0.6) is 0 Å². The van der Waals surface area contributed by atoms with Gasteiger partial charge in [0.05, 0.1) is 6.10 Å². The van der Waals surface area contributed by atoms with Crippen LogP contribution in [0.15, 0.2) is 54.9 Å². The fraction of sp³-hybridized carbons (Fsp3) is 0.167. The number of carbonyl (C=O) groups excluding carboxylic acids is 1. The van der Waals surface area contributed by atoms with Crippen molar-refractivity contribution in [3.05, 3.63) is 71.8 Å². The van der Waals surface area contributed by atoms with E-state index in [-0.39, 0.29) is 18.3 Å². The molecule has 2 aromatic carbocycles. The largest absolute Gasteiger partial charge is 0.387 e. The van der Waals surface area contributed by atoms with Gasteiger partial charge in [-0.3, -0.25) is 9.48 Å². The van der Waals surface area contributed by atoms with Crippen LogP contribution in [0.3, 0.4) is 0 Å². The van der Waals surface area contributed by atoms with E-state index >= 15 is 0 Å². The molecule has 0 spiro atoms. The molecule has 1 atom stereocenters. The van der Waals surface area contributed by atoms with Gasteiger partial charge >= 0.3 is 0 Å². The van der Waals surface area contributed by atoms with Crippen molar-refractivity contribution in [3.63, 3.8) is 0 Å². The number of aliphatic hydroxyl groups is 1. The van der Waals surface area contributed by atoms with E-state index < -0.39 is 6.10 Å². The zero-order chi connectivity index (χ0) is 17.8. The summed E-state index contributed by atoms with van der Waals surface area (Å²) in [6, 6.07) is 12.4. The second-order valence-corrected chi connectivity index (χ2v) is 5.60. The van der Waals surface area contributed by atoms with Crippen LogP contribution in [0.2, 0.25) is 0 Å². The van der Waals surface area contributed by atoms with E-state index in [1.54, 1.807) is 42.3 Å². The number of amides is 1. The standard InChI is InChI=1S/C18H17FN4O2/c1-23-11-21-17(22-23)13-2-4-14(5-3-13)18(25)20-10-16(24)12-6-8-15(19)9-7-12/h2-9,11,16,24H,10H2,1H3,(H,20,25). The quantitative estimate of drug-likeness (QED) is 0.745. The molecule has 25 heavy (non-hydrogen) atoms. The average molecular weight is 340 g/mol. The van der Waals surface area contributed by atoms with Gasteiger partial charge in [-0.1, -0.05) is 24.3 Å². The molecule has 6 nitrogen and oxygen atoms in total. The topological polar surface area (TPSA) is 80.0 Å². The Balaban J connectivity index is 1.60. The number of aliphatic hydroxyl groups excluding tert-OH is 1. The van der Waals surface area contributed by atoms with E-state index in [0.717, 1.165) is 5.56 Å². The van der Waals surface area contributed by atoms with Crippen molar-refractivity contribution >= 4 is 5.91 Å². The number of nitrogens with one attached hydrogen (secondary N) is 1. The van der Waals surface area contributed by atoms with Gasteiger partial charge in [-0.15, -0.1) is 0 Å². The normalized spacial score (nSPS) is 12.0. The van der Waals surface area contributed by atoms with E-state index in [1.165, 1.54) is 24.3 Å². The van der Waals surface area contributed by atoms with Crippen LogP contribution in [0.1, 0.15) is 22.0 Å². The van der Waals surface area contributed by atoms with Gasteiger partial charge < -0.3 is 10.4 Å². The summed E-state index contributed by atoms with van der Waals surface area (Å²) in [6.07, 6.45) is 0.703. The first-order valence-corrected chi connectivity index (χ1v) is 7.71. The molecule has 1 aromatic heterocycles. The van der Waals surface area contributed by atoms with Gasteiger partial charge in [-0.25, -0.2) is 9.37 Å². The Kier molecular flexibility index (Phi) is 4.85. The van der Waals surface area contributed by atoms with Gasteiger partial charge in [-0.2, -0.15) is 5.10 Å². The lowest BCUT2D eigenvalue weighted by atomic mass is 10.1. The van der Waals surface area contributed by atoms with Crippen molar-refractivity contribution in [2.75, 3.05) is 6.54 Å². The fourth-order valence-corrected chi connectivity index (χ4v) is 2.34. The highest BCUT2D eigenvalue weighted by Gasteiger charge is 2.12. The van der Waals surface area contributed by atoms with Crippen molar-refractivity contribution < 1.29 is 14.3 Å². The van der Waals surface area contributed by atoms with E-state index in [0.29, 0.717) is 17.0 Å². The lowest BCUT2D eigenvalue weighted by Gasteiger charge is -2.12. The predicted molar refractivity (Wildman–Crippen MR) is 90.1 cm³/mol. The Morgan fingerprint density at radius 2 is 1.88 bits per heavy atom. The summed E-state index contributed by atoms with van der Waals surface area (Å²) in [5.41, 5.74) is 1.81. The van der Waals surface area contributed by atoms with Crippen molar-refractivity contribution in [1.82, 2.24) is 20.1 Å². The first kappa shape index (κ1) is 16.8. The molecule has 3 aromatic rings. The van der Waals surface area contributed by atoms with E-state index in [1.807, 2.05) is 0 Å². The maximum Gasteiger partial charge on any atom is 0.251 e. The number of hydrogen-bond acceptors (Lipinski definition) is 4. The number of nitrogens with zero attached hydrogens (tertiary/aromatic N) is 3. The summed E-state index contributed by atoms with van der Waals surface area (Å²) in [4.78, 5) is 16.3. The Morgan fingerprint density at radius 3 is 2.48 bits per heavy atom. The first-order chi connectivity index (χ1) is 12.0. The van der Waals surface area contributed by atoms with Gasteiger partial charge in [0.1, 0.15) is 12.1 Å². The third kappa shape index (κ3) is 4.07. The molecule has 0 aliphatic rings. The molecule has 0 saturated carbocycles. The molecule has 0 radical (unpaired) electrons. The third-order valence-electron chi connectivity index (χ3n) is 3.72. The van der Waals surface area contributed by atoms with Gasteiger partial charge in [0.15, 0.2) is 5.82 Å². The third-order valence-corrected chi connectivity index (χ3v) is 3.72. The Hall–Kier alpha value is -3.06. The monoisotopic (exact) mass is 340 g/mol. The molecular weight excluding hydrogens is 323 g/mol. The summed E-state index contributed by atoms with van der Waals surface area (Å²) in [5.74, 6) is -0.0923. The summed E-state index contributed by atoms with van der Waals surface area (Å²) < 4.78 is 14.5. The van der Waals surface area contributed by atoms with Gasteiger partial charge in [0, 0.05) is 24.7 Å². The molecule has 1 heterocycles. The molecule has 2 N–H and O–H groups in total. The maximum atomic E-state index is 12.9. The highest BCUT2D eigenvalue weighted by Crippen LogP contribution is 2.16. The Labute approximate surface area is 144 Å². The molecular formula is C18H17FN4O2. The smallest absolute Gasteiger partial charge is 0.251 e. The van der Waals surface area contributed by atoms with E-state index in [9.17, 15) is 14.3 Å². The second-order valence-electron chi connectivity index (χ2n) is 5.60. The van der Waals surface area contributed by atoms with E-state index in [4.69, 9.17) is 0 Å². The fourth-order valence-electron chi connectivity index (χ4n) is 2.34. The van der Waals surface area contributed by atoms with Crippen LogP contribution in [0.4, 0.5) is 4.39 Å². The lowest BCUT2D eigenvalue weighted by molar-refractivity contribution is 0.0916. The minimum atomic E-state index is -0.901. The average Bonchev–Trinajstić information content (AvgIpc) is 3.06. The molecule has 3 rings (SSSR count). The molecule has 0 saturated heterocycles. The summed E-state index contributed by atoms with van der Waals surface area (Å²) in [6.45, 7) is 0.0357. The molecule has 7 heteroatoms. The van der Waals surface area contributed by atoms with Crippen LogP contribution in [0, 0.1) is 5.82 Å². The van der Waals surface area contributed by atoms with Crippen LogP contribution in [-0.4, -0.2) is 32.3 Å².